The van der Waals surface area contributed by atoms with E-state index in [0.717, 1.165) is 11.3 Å². The van der Waals surface area contributed by atoms with Crippen LogP contribution < -0.4 is 15.4 Å². The van der Waals surface area contributed by atoms with Crippen LogP contribution in [0.2, 0.25) is 0 Å². The molecule has 20 heavy (non-hydrogen) atoms. The molecule has 5 heteroatoms. The number of rotatable bonds is 6. The average Bonchev–Trinajstić information content (AvgIpc) is 2.43. The Morgan fingerprint density at radius 3 is 2.35 bits per heavy atom. The van der Waals surface area contributed by atoms with Gasteiger partial charge in [-0.25, -0.2) is 0 Å². The highest BCUT2D eigenvalue weighted by Crippen LogP contribution is 2.13. The van der Waals surface area contributed by atoms with Gasteiger partial charge in [-0.05, 0) is 31.5 Å². The van der Waals surface area contributed by atoms with E-state index in [0.29, 0.717) is 6.54 Å². The first-order valence-electron chi connectivity index (χ1n) is 6.45. The van der Waals surface area contributed by atoms with Gasteiger partial charge in [-0.3, -0.25) is 9.59 Å². The molecule has 1 rings (SSSR count). The fourth-order valence-electron chi connectivity index (χ4n) is 1.47. The maximum Gasteiger partial charge on any atom is 0.309 e. The lowest BCUT2D eigenvalue weighted by atomic mass is 10.2. The molecule has 1 aromatic carbocycles. The zero-order chi connectivity index (χ0) is 15.0. The summed E-state index contributed by atoms with van der Waals surface area (Å²) in [5.41, 5.74) is 0.894. The Hall–Kier alpha value is -2.30. The molecule has 0 atom stereocenters. The number of carbonyl (C=O) groups is 2. The van der Waals surface area contributed by atoms with Crippen LogP contribution in [0.1, 0.15) is 19.4 Å². The third kappa shape index (κ3) is 5.56. The van der Waals surface area contributed by atoms with Gasteiger partial charge in [0.1, 0.15) is 5.75 Å². The minimum Gasteiger partial charge on any atom is -0.491 e. The van der Waals surface area contributed by atoms with Gasteiger partial charge in [-0.2, -0.15) is 0 Å². The van der Waals surface area contributed by atoms with Gasteiger partial charge in [0.2, 0.25) is 0 Å². The number of nitrogens with one attached hydrogen (secondary N) is 2. The maximum atomic E-state index is 11.5. The molecule has 0 saturated carbocycles. The number of benzene rings is 1. The Morgan fingerprint density at radius 2 is 1.80 bits per heavy atom. The largest absolute Gasteiger partial charge is 0.491 e. The summed E-state index contributed by atoms with van der Waals surface area (Å²) in [4.78, 5) is 22.8. The van der Waals surface area contributed by atoms with Crippen molar-refractivity contribution in [2.24, 2.45) is 0 Å². The smallest absolute Gasteiger partial charge is 0.309 e. The van der Waals surface area contributed by atoms with Crippen LogP contribution in [0.25, 0.3) is 0 Å². The standard InChI is InChI=1S/C15H20N2O3/c1-4-9-16-14(18)15(19)17-10-12-5-7-13(8-6-12)20-11(2)3/h4-8,11H,1,9-10H2,2-3H3,(H,16,18)(H,17,19). The van der Waals surface area contributed by atoms with Crippen molar-refractivity contribution in [2.75, 3.05) is 6.54 Å². The fourth-order valence-corrected chi connectivity index (χ4v) is 1.47. The molecule has 0 radical (unpaired) electrons. The first-order chi connectivity index (χ1) is 9.52. The second kappa shape index (κ2) is 7.99. The van der Waals surface area contributed by atoms with E-state index in [9.17, 15) is 9.59 Å². The molecule has 0 unspecified atom stereocenters. The molecule has 0 aliphatic carbocycles. The predicted octanol–water partition coefficient (Wildman–Crippen LogP) is 1.39. The van der Waals surface area contributed by atoms with Gasteiger partial charge >= 0.3 is 11.8 Å². The Labute approximate surface area is 119 Å². The van der Waals surface area contributed by atoms with Gasteiger partial charge < -0.3 is 15.4 Å². The molecule has 1 aromatic rings. The molecule has 0 aromatic heterocycles. The van der Waals surface area contributed by atoms with Crippen molar-refractivity contribution in [3.63, 3.8) is 0 Å². The summed E-state index contributed by atoms with van der Waals surface area (Å²) in [6.45, 7) is 7.93. The maximum absolute atomic E-state index is 11.5. The molecule has 0 saturated heterocycles. The van der Waals surface area contributed by atoms with Crippen LogP contribution >= 0.6 is 0 Å². The predicted molar refractivity (Wildman–Crippen MR) is 77.3 cm³/mol. The van der Waals surface area contributed by atoms with Crippen molar-refractivity contribution in [1.82, 2.24) is 10.6 Å². The van der Waals surface area contributed by atoms with Crippen LogP contribution in [-0.4, -0.2) is 24.5 Å². The lowest BCUT2D eigenvalue weighted by Crippen LogP contribution is -2.39. The number of carbonyl (C=O) groups excluding carboxylic acids is 2. The highest BCUT2D eigenvalue weighted by molar-refractivity contribution is 6.35. The summed E-state index contributed by atoms with van der Waals surface area (Å²) in [6, 6.07) is 7.36. The van der Waals surface area contributed by atoms with E-state index in [1.54, 1.807) is 0 Å². The van der Waals surface area contributed by atoms with Crippen LogP contribution in [0, 0.1) is 0 Å². The van der Waals surface area contributed by atoms with Crippen LogP contribution in [0.4, 0.5) is 0 Å². The molecule has 0 bridgehead atoms. The molecule has 0 fully saturated rings. The third-order valence-corrected chi connectivity index (χ3v) is 2.36. The van der Waals surface area contributed by atoms with E-state index in [4.69, 9.17) is 4.74 Å². The molecular weight excluding hydrogens is 256 g/mol. The zero-order valence-electron chi connectivity index (χ0n) is 11.8. The second-order valence-electron chi connectivity index (χ2n) is 4.49. The van der Waals surface area contributed by atoms with Gasteiger partial charge in [0.15, 0.2) is 0 Å². The van der Waals surface area contributed by atoms with Crippen molar-refractivity contribution >= 4 is 11.8 Å². The minimum absolute atomic E-state index is 0.120. The monoisotopic (exact) mass is 276 g/mol. The Bertz CT molecular complexity index is 467. The molecular formula is C15H20N2O3. The lowest BCUT2D eigenvalue weighted by molar-refractivity contribution is -0.139. The number of hydrogen-bond donors (Lipinski definition) is 2. The number of amides is 2. The van der Waals surface area contributed by atoms with E-state index < -0.39 is 11.8 Å². The molecule has 108 valence electrons. The molecule has 0 aliphatic heterocycles. The van der Waals surface area contributed by atoms with E-state index in [-0.39, 0.29) is 12.6 Å². The number of ether oxygens (including phenoxy) is 1. The first-order valence-corrected chi connectivity index (χ1v) is 6.45. The van der Waals surface area contributed by atoms with Gasteiger partial charge in [0, 0.05) is 13.1 Å². The Kier molecular flexibility index (Phi) is 6.29. The Balaban J connectivity index is 2.43. The number of hydrogen-bond acceptors (Lipinski definition) is 3. The van der Waals surface area contributed by atoms with Gasteiger partial charge in [-0.1, -0.05) is 18.2 Å². The topological polar surface area (TPSA) is 67.4 Å². The second-order valence-corrected chi connectivity index (χ2v) is 4.49. The summed E-state index contributed by atoms with van der Waals surface area (Å²) < 4.78 is 5.52. The van der Waals surface area contributed by atoms with Crippen LogP contribution in [0.3, 0.4) is 0 Å². The Morgan fingerprint density at radius 1 is 1.20 bits per heavy atom. The highest BCUT2D eigenvalue weighted by Gasteiger charge is 2.11. The van der Waals surface area contributed by atoms with E-state index in [2.05, 4.69) is 17.2 Å². The summed E-state index contributed by atoms with van der Waals surface area (Å²) in [5.74, 6) is -0.544. The fraction of sp³-hybridized carbons (Fsp3) is 0.333. The first kappa shape index (κ1) is 15.8. The quantitative estimate of drug-likeness (QED) is 0.609. The normalized spacial score (nSPS) is 9.95. The lowest BCUT2D eigenvalue weighted by Gasteiger charge is -2.10. The summed E-state index contributed by atoms with van der Waals surface area (Å²) >= 11 is 0. The third-order valence-electron chi connectivity index (χ3n) is 2.36. The average molecular weight is 276 g/mol. The molecule has 0 heterocycles. The van der Waals surface area contributed by atoms with Crippen molar-refractivity contribution < 1.29 is 14.3 Å². The van der Waals surface area contributed by atoms with Crippen LogP contribution in [0.5, 0.6) is 5.75 Å². The molecule has 2 N–H and O–H groups in total. The summed E-state index contributed by atoms with van der Waals surface area (Å²) in [5, 5.41) is 4.95. The van der Waals surface area contributed by atoms with Crippen LogP contribution in [-0.2, 0) is 16.1 Å². The summed E-state index contributed by atoms with van der Waals surface area (Å²) in [6.07, 6.45) is 1.63. The van der Waals surface area contributed by atoms with Crippen molar-refractivity contribution in [2.45, 2.75) is 26.5 Å². The van der Waals surface area contributed by atoms with Crippen molar-refractivity contribution in [3.05, 3.63) is 42.5 Å². The summed E-state index contributed by atoms with van der Waals surface area (Å²) in [7, 11) is 0. The van der Waals surface area contributed by atoms with E-state index in [1.165, 1.54) is 6.08 Å². The van der Waals surface area contributed by atoms with Gasteiger partial charge in [0.25, 0.3) is 0 Å². The molecule has 2 amide bonds. The van der Waals surface area contributed by atoms with E-state index in [1.807, 2.05) is 38.1 Å². The van der Waals surface area contributed by atoms with Gasteiger partial charge in [-0.15, -0.1) is 6.58 Å². The molecule has 0 spiro atoms. The SMILES string of the molecule is C=CCNC(=O)C(=O)NCc1ccc(OC(C)C)cc1. The van der Waals surface area contributed by atoms with Crippen molar-refractivity contribution in [3.8, 4) is 5.75 Å². The van der Waals surface area contributed by atoms with E-state index >= 15 is 0 Å². The minimum atomic E-state index is -0.662. The van der Waals surface area contributed by atoms with Crippen LogP contribution in [0.15, 0.2) is 36.9 Å². The van der Waals surface area contributed by atoms with Gasteiger partial charge in [0.05, 0.1) is 6.10 Å². The molecule has 5 nitrogen and oxygen atoms in total. The van der Waals surface area contributed by atoms with Crippen molar-refractivity contribution in [1.29, 1.82) is 0 Å². The zero-order valence-corrected chi connectivity index (χ0v) is 11.8. The highest BCUT2D eigenvalue weighted by atomic mass is 16.5. The molecule has 0 aliphatic rings.